The van der Waals surface area contributed by atoms with Gasteiger partial charge in [0.25, 0.3) is 0 Å². The van der Waals surface area contributed by atoms with Gasteiger partial charge in [0.15, 0.2) is 0 Å². The van der Waals surface area contributed by atoms with Crippen LogP contribution in [0.2, 0.25) is 0 Å². The summed E-state index contributed by atoms with van der Waals surface area (Å²) in [7, 11) is 0. The molecule has 0 aliphatic carbocycles. The number of rotatable bonds is 6. The summed E-state index contributed by atoms with van der Waals surface area (Å²) in [5, 5.41) is 10.4. The van der Waals surface area contributed by atoms with Gasteiger partial charge in [0.1, 0.15) is 0 Å². The fraction of sp³-hybridized carbons (Fsp3) is 0.471. The number of benzene rings is 1. The lowest BCUT2D eigenvalue weighted by Gasteiger charge is -2.37. The van der Waals surface area contributed by atoms with Crippen LogP contribution in [0.15, 0.2) is 30.5 Å². The van der Waals surface area contributed by atoms with E-state index in [1.807, 2.05) is 24.4 Å². The number of nitrogens with one attached hydrogen (secondary N) is 1. The minimum Gasteiger partial charge on any atom is -0.481 e. The summed E-state index contributed by atoms with van der Waals surface area (Å²) in [6.07, 6.45) is 2.06. The van der Waals surface area contributed by atoms with Crippen LogP contribution >= 0.6 is 0 Å². The summed E-state index contributed by atoms with van der Waals surface area (Å²) in [6, 6.07) is 8.48. The summed E-state index contributed by atoms with van der Waals surface area (Å²) in [6.45, 7) is 8.46. The van der Waals surface area contributed by atoms with Gasteiger partial charge in [-0.15, -0.1) is 0 Å². The molecule has 2 aromatic rings. The number of aromatic nitrogens is 1. The Bertz CT molecular complexity index is 608. The highest BCUT2D eigenvalue weighted by molar-refractivity contribution is 5.84. The molecule has 0 radical (unpaired) electrons. The molecule has 1 unspecified atom stereocenters. The van der Waals surface area contributed by atoms with Crippen molar-refractivity contribution in [1.82, 2.24) is 9.88 Å². The average Bonchev–Trinajstić information content (AvgIpc) is 2.80. The van der Waals surface area contributed by atoms with E-state index in [0.717, 1.165) is 16.5 Å². The van der Waals surface area contributed by atoms with Gasteiger partial charge >= 0.3 is 5.97 Å². The number of carbonyl (C=O) groups is 1. The molecule has 1 aromatic heterocycles. The van der Waals surface area contributed by atoms with Gasteiger partial charge in [0.2, 0.25) is 0 Å². The van der Waals surface area contributed by atoms with Crippen LogP contribution in [0, 0.1) is 0 Å². The zero-order valence-electron chi connectivity index (χ0n) is 13.1. The maximum Gasteiger partial charge on any atom is 0.305 e. The van der Waals surface area contributed by atoms with E-state index in [9.17, 15) is 9.90 Å². The first-order valence-electron chi connectivity index (χ1n) is 7.47. The van der Waals surface area contributed by atoms with Crippen molar-refractivity contribution < 1.29 is 9.90 Å². The lowest BCUT2D eigenvalue weighted by molar-refractivity contribution is -0.138. The molecule has 0 amide bonds. The maximum atomic E-state index is 11.4. The monoisotopic (exact) mass is 288 g/mol. The number of aliphatic carboxylic acids is 1. The number of carboxylic acids is 1. The molecule has 114 valence electrons. The maximum absolute atomic E-state index is 11.4. The fourth-order valence-electron chi connectivity index (χ4n) is 3.23. The first-order valence-corrected chi connectivity index (χ1v) is 7.47. The number of nitrogens with zero attached hydrogens (tertiary/aromatic N) is 1. The molecule has 21 heavy (non-hydrogen) atoms. The number of carboxylic acid groups (broad SMARTS) is 1. The third kappa shape index (κ3) is 3.27. The van der Waals surface area contributed by atoms with Gasteiger partial charge in [-0.1, -0.05) is 18.2 Å². The van der Waals surface area contributed by atoms with E-state index in [0.29, 0.717) is 0 Å². The second-order valence-electron chi connectivity index (χ2n) is 6.04. The quantitative estimate of drug-likeness (QED) is 0.850. The highest BCUT2D eigenvalue weighted by Gasteiger charge is 2.29. The smallest absolute Gasteiger partial charge is 0.305 e. The largest absolute Gasteiger partial charge is 0.481 e. The lowest BCUT2D eigenvalue weighted by Crippen LogP contribution is -2.41. The summed E-state index contributed by atoms with van der Waals surface area (Å²) < 4.78 is 0. The van der Waals surface area contributed by atoms with Crippen molar-refractivity contribution in [2.75, 3.05) is 0 Å². The van der Waals surface area contributed by atoms with Crippen LogP contribution < -0.4 is 0 Å². The molecule has 2 rings (SSSR count). The second-order valence-corrected chi connectivity index (χ2v) is 6.04. The van der Waals surface area contributed by atoms with Gasteiger partial charge in [0, 0.05) is 35.2 Å². The Morgan fingerprint density at radius 3 is 2.38 bits per heavy atom. The Balaban J connectivity index is 2.51. The third-order valence-corrected chi connectivity index (χ3v) is 3.90. The number of hydrogen-bond donors (Lipinski definition) is 2. The number of H-pyrrole nitrogens is 1. The van der Waals surface area contributed by atoms with Crippen LogP contribution in [0.5, 0.6) is 0 Å². The summed E-state index contributed by atoms with van der Waals surface area (Å²) in [5.41, 5.74) is 2.12. The molecule has 0 aliphatic heterocycles. The van der Waals surface area contributed by atoms with Gasteiger partial charge in [-0.25, -0.2) is 0 Å². The molecular formula is C17H24N2O2. The molecule has 1 heterocycles. The minimum absolute atomic E-state index is 0.109. The highest BCUT2D eigenvalue weighted by Crippen LogP contribution is 2.33. The van der Waals surface area contributed by atoms with Crippen molar-refractivity contribution in [1.29, 1.82) is 0 Å². The molecule has 4 heteroatoms. The predicted octanol–water partition coefficient (Wildman–Crippen LogP) is 3.80. The Morgan fingerprint density at radius 2 is 1.81 bits per heavy atom. The molecule has 0 bridgehead atoms. The van der Waals surface area contributed by atoms with Crippen molar-refractivity contribution in [3.05, 3.63) is 36.0 Å². The van der Waals surface area contributed by atoms with Crippen molar-refractivity contribution >= 4 is 16.9 Å². The lowest BCUT2D eigenvalue weighted by atomic mass is 9.98. The standard InChI is InChI=1S/C17H24N2O2/c1-11(2)19(12(3)4)16(9-17(20)21)14-10-18-15-8-6-5-7-13(14)15/h5-8,10-12,16,18H,9H2,1-4H3,(H,20,21). The molecule has 1 atom stereocenters. The van der Waals surface area contributed by atoms with Crippen LogP contribution in [0.3, 0.4) is 0 Å². The van der Waals surface area contributed by atoms with E-state index in [4.69, 9.17) is 0 Å². The minimum atomic E-state index is -0.767. The molecule has 0 aliphatic rings. The first kappa shape index (κ1) is 15.6. The SMILES string of the molecule is CC(C)N(C(C)C)C(CC(=O)O)c1c[nH]c2ccccc12. The van der Waals surface area contributed by atoms with E-state index in [-0.39, 0.29) is 24.5 Å². The van der Waals surface area contributed by atoms with E-state index in [1.165, 1.54) is 0 Å². The molecular weight excluding hydrogens is 264 g/mol. The average molecular weight is 288 g/mol. The van der Waals surface area contributed by atoms with E-state index in [1.54, 1.807) is 0 Å². The van der Waals surface area contributed by atoms with Gasteiger partial charge in [-0.3, -0.25) is 9.69 Å². The number of fused-ring (bicyclic) bond motifs is 1. The fourth-order valence-corrected chi connectivity index (χ4v) is 3.23. The van der Waals surface area contributed by atoms with Crippen LogP contribution in [0.25, 0.3) is 10.9 Å². The topological polar surface area (TPSA) is 56.3 Å². The normalized spacial score (nSPS) is 13.5. The molecule has 2 N–H and O–H groups in total. The Labute approximate surface area is 125 Å². The molecule has 1 aromatic carbocycles. The molecule has 4 nitrogen and oxygen atoms in total. The molecule has 0 saturated heterocycles. The summed E-state index contributed by atoms with van der Waals surface area (Å²) in [4.78, 5) is 16.9. The first-order chi connectivity index (χ1) is 9.91. The Morgan fingerprint density at radius 1 is 1.19 bits per heavy atom. The van der Waals surface area contributed by atoms with Crippen molar-refractivity contribution in [3.63, 3.8) is 0 Å². The Kier molecular flexibility index (Phi) is 4.68. The van der Waals surface area contributed by atoms with Crippen molar-refractivity contribution in [3.8, 4) is 0 Å². The predicted molar refractivity (Wildman–Crippen MR) is 85.4 cm³/mol. The molecule has 0 saturated carbocycles. The van der Waals surface area contributed by atoms with Crippen LogP contribution in [-0.4, -0.2) is 33.0 Å². The number of aromatic amines is 1. The van der Waals surface area contributed by atoms with Crippen LogP contribution in [0.1, 0.15) is 45.7 Å². The number of hydrogen-bond acceptors (Lipinski definition) is 2. The van der Waals surface area contributed by atoms with Gasteiger partial charge in [-0.2, -0.15) is 0 Å². The van der Waals surface area contributed by atoms with Gasteiger partial charge in [0.05, 0.1) is 6.42 Å². The Hall–Kier alpha value is -1.81. The second kappa shape index (κ2) is 6.31. The summed E-state index contributed by atoms with van der Waals surface area (Å²) in [5.74, 6) is -0.767. The third-order valence-electron chi connectivity index (χ3n) is 3.90. The van der Waals surface area contributed by atoms with Gasteiger partial charge in [-0.05, 0) is 39.3 Å². The summed E-state index contributed by atoms with van der Waals surface area (Å²) >= 11 is 0. The van der Waals surface area contributed by atoms with E-state index in [2.05, 4.69) is 43.6 Å². The highest BCUT2D eigenvalue weighted by atomic mass is 16.4. The van der Waals surface area contributed by atoms with Crippen molar-refractivity contribution in [2.45, 2.75) is 52.2 Å². The molecule has 0 spiro atoms. The molecule has 0 fully saturated rings. The zero-order valence-corrected chi connectivity index (χ0v) is 13.1. The van der Waals surface area contributed by atoms with Crippen LogP contribution in [-0.2, 0) is 4.79 Å². The zero-order chi connectivity index (χ0) is 15.6. The van der Waals surface area contributed by atoms with Crippen molar-refractivity contribution in [2.24, 2.45) is 0 Å². The van der Waals surface area contributed by atoms with Crippen LogP contribution in [0.4, 0.5) is 0 Å². The van der Waals surface area contributed by atoms with E-state index < -0.39 is 5.97 Å². The number of para-hydroxylation sites is 1. The van der Waals surface area contributed by atoms with Gasteiger partial charge < -0.3 is 10.1 Å². The van der Waals surface area contributed by atoms with E-state index >= 15 is 0 Å².